The van der Waals surface area contributed by atoms with Gasteiger partial charge in [-0.05, 0) is 39.3 Å². The molecule has 2 amide bonds. The second-order valence-corrected chi connectivity index (χ2v) is 8.42. The van der Waals surface area contributed by atoms with Crippen LogP contribution in [-0.2, 0) is 29.5 Å². The largest absolute Gasteiger partial charge is 0.444 e. The molecule has 0 saturated carbocycles. The van der Waals surface area contributed by atoms with Gasteiger partial charge in [0.25, 0.3) is 0 Å². The van der Waals surface area contributed by atoms with Crippen molar-refractivity contribution in [1.82, 2.24) is 25.4 Å². The minimum atomic E-state index is -0.780. The number of rotatable bonds is 6. The number of hydrogen-bond donors (Lipinski definition) is 3. The van der Waals surface area contributed by atoms with Crippen molar-refractivity contribution in [3.05, 3.63) is 53.5 Å². The molecule has 30 heavy (non-hydrogen) atoms. The summed E-state index contributed by atoms with van der Waals surface area (Å²) in [7, 11) is 1.96. The van der Waals surface area contributed by atoms with Gasteiger partial charge in [-0.2, -0.15) is 5.10 Å². The molecule has 0 saturated heterocycles. The lowest BCUT2D eigenvalue weighted by Gasteiger charge is -2.23. The average molecular weight is 412 g/mol. The van der Waals surface area contributed by atoms with Gasteiger partial charge in [-0.3, -0.25) is 9.89 Å². The van der Waals surface area contributed by atoms with Gasteiger partial charge in [0.2, 0.25) is 5.91 Å². The zero-order valence-corrected chi connectivity index (χ0v) is 18.1. The summed E-state index contributed by atoms with van der Waals surface area (Å²) >= 11 is 0. The Morgan fingerprint density at radius 2 is 1.97 bits per heavy atom. The van der Waals surface area contributed by atoms with Gasteiger partial charge in [0, 0.05) is 48.4 Å². The number of alkyl carbamates (subject to hydrolysis) is 1. The molecule has 1 aromatic carbocycles. The van der Waals surface area contributed by atoms with E-state index in [4.69, 9.17) is 4.74 Å². The Balaban J connectivity index is 1.80. The zero-order chi connectivity index (χ0) is 21.9. The third-order valence-electron chi connectivity index (χ3n) is 4.80. The molecule has 3 aromatic rings. The Bertz CT molecular complexity index is 1040. The molecular formula is C22H29N5O3. The first kappa shape index (κ1) is 21.4. The number of H-pyrrole nitrogens is 1. The summed E-state index contributed by atoms with van der Waals surface area (Å²) in [4.78, 5) is 25.4. The van der Waals surface area contributed by atoms with Gasteiger partial charge in [0.1, 0.15) is 11.6 Å². The summed E-state index contributed by atoms with van der Waals surface area (Å²) in [6.45, 7) is 7.57. The topological polar surface area (TPSA) is 101 Å². The van der Waals surface area contributed by atoms with Crippen LogP contribution in [-0.4, -0.2) is 38.4 Å². The first-order chi connectivity index (χ1) is 14.1. The summed E-state index contributed by atoms with van der Waals surface area (Å²) < 4.78 is 7.38. The molecule has 1 atom stereocenters. The summed E-state index contributed by atoms with van der Waals surface area (Å²) in [6, 6.07) is 7.20. The molecule has 0 spiro atoms. The molecule has 3 N–H and O–H groups in total. The number of aryl methyl sites for hydroxylation is 2. The van der Waals surface area contributed by atoms with Crippen molar-refractivity contribution in [2.75, 3.05) is 0 Å². The van der Waals surface area contributed by atoms with Crippen molar-refractivity contribution in [2.45, 2.75) is 52.3 Å². The van der Waals surface area contributed by atoms with Crippen LogP contribution in [0.15, 0.2) is 36.7 Å². The number of nitrogens with one attached hydrogen (secondary N) is 3. The van der Waals surface area contributed by atoms with Crippen LogP contribution in [0.5, 0.6) is 0 Å². The van der Waals surface area contributed by atoms with Crippen LogP contribution in [0.3, 0.4) is 0 Å². The molecule has 0 fully saturated rings. The molecule has 2 heterocycles. The maximum Gasteiger partial charge on any atom is 0.408 e. The molecule has 160 valence electrons. The minimum Gasteiger partial charge on any atom is -0.444 e. The number of benzene rings is 1. The van der Waals surface area contributed by atoms with Gasteiger partial charge in [0.15, 0.2) is 0 Å². The molecule has 3 rings (SSSR count). The van der Waals surface area contributed by atoms with Crippen molar-refractivity contribution in [1.29, 1.82) is 0 Å². The SMILES string of the molecule is Cc1[nH]ncc1CNC(=O)C(Cc1cn(C)c2ccccc12)NC(=O)OC(C)(C)C. The Morgan fingerprint density at radius 3 is 2.63 bits per heavy atom. The Hall–Kier alpha value is -3.29. The number of carbonyl (C=O) groups excluding carboxylic acids is 2. The quantitative estimate of drug-likeness (QED) is 0.580. The van der Waals surface area contributed by atoms with E-state index < -0.39 is 17.7 Å². The van der Waals surface area contributed by atoms with Gasteiger partial charge in [-0.1, -0.05) is 18.2 Å². The van der Waals surface area contributed by atoms with E-state index in [1.807, 2.05) is 49.0 Å². The van der Waals surface area contributed by atoms with Crippen molar-refractivity contribution < 1.29 is 14.3 Å². The van der Waals surface area contributed by atoms with E-state index in [1.54, 1.807) is 27.0 Å². The van der Waals surface area contributed by atoms with Crippen LogP contribution < -0.4 is 10.6 Å². The molecule has 0 aliphatic heterocycles. The molecular weight excluding hydrogens is 382 g/mol. The highest BCUT2D eigenvalue weighted by Gasteiger charge is 2.26. The number of aromatic amines is 1. The molecule has 0 bridgehead atoms. The van der Waals surface area contributed by atoms with Crippen molar-refractivity contribution in [3.63, 3.8) is 0 Å². The number of amides is 2. The van der Waals surface area contributed by atoms with E-state index in [-0.39, 0.29) is 5.91 Å². The van der Waals surface area contributed by atoms with Crippen molar-refractivity contribution in [3.8, 4) is 0 Å². The molecule has 1 unspecified atom stereocenters. The Labute approximate surface area is 176 Å². The lowest BCUT2D eigenvalue weighted by atomic mass is 10.0. The minimum absolute atomic E-state index is 0.283. The van der Waals surface area contributed by atoms with Crippen LogP contribution in [0.4, 0.5) is 4.79 Å². The van der Waals surface area contributed by atoms with E-state index in [0.29, 0.717) is 13.0 Å². The zero-order valence-electron chi connectivity index (χ0n) is 18.1. The molecule has 0 aliphatic rings. The van der Waals surface area contributed by atoms with Gasteiger partial charge >= 0.3 is 6.09 Å². The maximum atomic E-state index is 13.0. The van der Waals surface area contributed by atoms with Gasteiger partial charge in [0.05, 0.1) is 6.20 Å². The van der Waals surface area contributed by atoms with E-state index in [9.17, 15) is 9.59 Å². The lowest BCUT2D eigenvalue weighted by molar-refractivity contribution is -0.123. The average Bonchev–Trinajstić information content (AvgIpc) is 3.21. The first-order valence-corrected chi connectivity index (χ1v) is 9.93. The molecule has 8 nitrogen and oxygen atoms in total. The fraction of sp³-hybridized carbons (Fsp3) is 0.409. The number of hydrogen-bond acceptors (Lipinski definition) is 4. The van der Waals surface area contributed by atoms with E-state index in [1.165, 1.54) is 0 Å². The molecule has 8 heteroatoms. The standard InChI is InChI=1S/C22H29N5O3/c1-14-16(12-24-26-14)11-23-20(28)18(25-21(29)30-22(2,3)4)10-15-13-27(5)19-9-7-6-8-17(15)19/h6-9,12-13,18H,10-11H2,1-5H3,(H,23,28)(H,24,26)(H,25,29). The lowest BCUT2D eigenvalue weighted by Crippen LogP contribution is -2.49. The van der Waals surface area contributed by atoms with Gasteiger partial charge in [-0.25, -0.2) is 4.79 Å². The van der Waals surface area contributed by atoms with Crippen LogP contribution in [0.25, 0.3) is 10.9 Å². The Morgan fingerprint density at radius 1 is 1.23 bits per heavy atom. The normalized spacial score (nSPS) is 12.6. The number of para-hydroxylation sites is 1. The number of fused-ring (bicyclic) bond motifs is 1. The Kier molecular flexibility index (Phi) is 6.14. The summed E-state index contributed by atoms with van der Waals surface area (Å²) in [5.74, 6) is -0.283. The second-order valence-electron chi connectivity index (χ2n) is 8.42. The summed E-state index contributed by atoms with van der Waals surface area (Å²) in [5.41, 5.74) is 3.17. The number of ether oxygens (including phenoxy) is 1. The molecule has 0 aliphatic carbocycles. The molecule has 2 aromatic heterocycles. The first-order valence-electron chi connectivity index (χ1n) is 9.93. The highest BCUT2D eigenvalue weighted by molar-refractivity contribution is 5.88. The third-order valence-corrected chi connectivity index (χ3v) is 4.80. The van der Waals surface area contributed by atoms with Gasteiger partial charge in [-0.15, -0.1) is 0 Å². The molecule has 0 radical (unpaired) electrons. The van der Waals surface area contributed by atoms with Crippen molar-refractivity contribution in [2.24, 2.45) is 7.05 Å². The summed E-state index contributed by atoms with van der Waals surface area (Å²) in [6.07, 6.45) is 3.39. The predicted molar refractivity (Wildman–Crippen MR) is 115 cm³/mol. The van der Waals surface area contributed by atoms with Crippen molar-refractivity contribution >= 4 is 22.9 Å². The predicted octanol–water partition coefficient (Wildman–Crippen LogP) is 2.96. The van der Waals surface area contributed by atoms with Crippen LogP contribution in [0, 0.1) is 6.92 Å². The van der Waals surface area contributed by atoms with E-state index >= 15 is 0 Å². The van der Waals surface area contributed by atoms with Gasteiger partial charge < -0.3 is 19.9 Å². The smallest absolute Gasteiger partial charge is 0.408 e. The maximum absolute atomic E-state index is 13.0. The van der Waals surface area contributed by atoms with Crippen LogP contribution in [0.2, 0.25) is 0 Å². The fourth-order valence-corrected chi connectivity index (χ4v) is 3.33. The van der Waals surface area contributed by atoms with E-state index in [0.717, 1.165) is 27.7 Å². The number of nitrogens with zero attached hydrogens (tertiary/aromatic N) is 2. The highest BCUT2D eigenvalue weighted by Crippen LogP contribution is 2.22. The number of aromatic nitrogens is 3. The van der Waals surface area contributed by atoms with Crippen LogP contribution >= 0.6 is 0 Å². The second kappa shape index (κ2) is 8.61. The third kappa shape index (κ3) is 5.20. The summed E-state index contributed by atoms with van der Waals surface area (Å²) in [5, 5.41) is 13.5. The fourth-order valence-electron chi connectivity index (χ4n) is 3.33. The highest BCUT2D eigenvalue weighted by atomic mass is 16.6. The number of carbonyl (C=O) groups is 2. The monoisotopic (exact) mass is 411 g/mol. The van der Waals surface area contributed by atoms with E-state index in [2.05, 4.69) is 20.8 Å². The van der Waals surface area contributed by atoms with Crippen LogP contribution in [0.1, 0.15) is 37.6 Å².